The van der Waals surface area contributed by atoms with Gasteiger partial charge in [-0.2, -0.15) is 0 Å². The molecule has 0 radical (unpaired) electrons. The van der Waals surface area contributed by atoms with Crippen molar-refractivity contribution in [2.24, 2.45) is 0 Å². The van der Waals surface area contributed by atoms with Gasteiger partial charge in [0.2, 0.25) is 5.02 Å². The van der Waals surface area contributed by atoms with E-state index >= 15 is 0 Å². The Labute approximate surface area is 93.9 Å². The molecular formula is C8H6BrCl2FO. The molecule has 0 aliphatic rings. The van der Waals surface area contributed by atoms with E-state index in [-0.39, 0.29) is 5.75 Å². The van der Waals surface area contributed by atoms with Gasteiger partial charge in [0.25, 0.3) is 0 Å². The van der Waals surface area contributed by atoms with Crippen molar-refractivity contribution in [3.8, 4) is 5.75 Å². The number of hydrogen-bond donors (Lipinski definition) is 0. The van der Waals surface area contributed by atoms with Crippen molar-refractivity contribution in [2.45, 2.75) is 10.4 Å². The van der Waals surface area contributed by atoms with E-state index in [1.165, 1.54) is 12.1 Å². The summed E-state index contributed by atoms with van der Waals surface area (Å²) in [5, 5.41) is -0.459. The van der Waals surface area contributed by atoms with Crippen LogP contribution in [0.25, 0.3) is 0 Å². The first-order chi connectivity index (χ1) is 6.13. The Morgan fingerprint density at radius 1 is 1.46 bits per heavy atom. The lowest BCUT2D eigenvalue weighted by molar-refractivity contribution is 0.333. The van der Waals surface area contributed by atoms with Crippen molar-refractivity contribution < 1.29 is 9.13 Å². The molecule has 0 saturated carbocycles. The summed E-state index contributed by atoms with van der Waals surface area (Å²) in [5.74, 6) is -0.414. The van der Waals surface area contributed by atoms with E-state index < -0.39 is 10.8 Å². The second-order valence-corrected chi connectivity index (χ2v) is 3.85. The van der Waals surface area contributed by atoms with E-state index in [1.54, 1.807) is 6.07 Å². The van der Waals surface area contributed by atoms with E-state index in [4.69, 9.17) is 27.9 Å². The van der Waals surface area contributed by atoms with Crippen molar-refractivity contribution >= 4 is 39.1 Å². The van der Waals surface area contributed by atoms with Gasteiger partial charge in [-0.15, -0.1) is 0 Å². The fourth-order valence-corrected chi connectivity index (χ4v) is 1.36. The normalized spacial score (nSPS) is 10.5. The molecule has 0 spiro atoms. The van der Waals surface area contributed by atoms with Crippen LogP contribution in [-0.4, -0.2) is 5.02 Å². The molecule has 0 amide bonds. The minimum atomic E-state index is -1.05. The summed E-state index contributed by atoms with van der Waals surface area (Å²) < 4.78 is 17.9. The van der Waals surface area contributed by atoms with Crippen LogP contribution in [0.5, 0.6) is 5.75 Å². The lowest BCUT2D eigenvalue weighted by atomic mass is 10.2. The molecule has 0 saturated heterocycles. The molecule has 1 aromatic carbocycles. The first kappa shape index (κ1) is 11.1. The smallest absolute Gasteiger partial charge is 0.248 e. The molecule has 1 nitrogen and oxygen atoms in total. The van der Waals surface area contributed by atoms with Crippen LogP contribution in [-0.2, 0) is 5.33 Å². The van der Waals surface area contributed by atoms with Gasteiger partial charge in [-0.25, -0.2) is 4.39 Å². The van der Waals surface area contributed by atoms with Crippen molar-refractivity contribution in [3.05, 3.63) is 29.6 Å². The topological polar surface area (TPSA) is 9.23 Å². The summed E-state index contributed by atoms with van der Waals surface area (Å²) in [5.41, 5.74) is 0.825. The highest BCUT2D eigenvalue weighted by atomic mass is 79.9. The SMILES string of the molecule is Fc1cc(CBr)ccc1OC(Cl)Cl. The minimum Gasteiger partial charge on any atom is -0.458 e. The summed E-state index contributed by atoms with van der Waals surface area (Å²) in [6.07, 6.45) is 0. The summed E-state index contributed by atoms with van der Waals surface area (Å²) in [7, 11) is 0. The Hall–Kier alpha value is 0.01000. The number of rotatable bonds is 3. The quantitative estimate of drug-likeness (QED) is 0.767. The molecule has 72 valence electrons. The van der Waals surface area contributed by atoms with Gasteiger partial charge in [0.1, 0.15) is 0 Å². The Kier molecular flexibility index (Phi) is 4.29. The predicted molar refractivity (Wildman–Crippen MR) is 55.2 cm³/mol. The number of alkyl halides is 3. The molecule has 0 aromatic heterocycles. The molecule has 0 fully saturated rings. The average Bonchev–Trinajstić information content (AvgIpc) is 2.08. The van der Waals surface area contributed by atoms with E-state index in [0.29, 0.717) is 5.33 Å². The number of hydrogen-bond acceptors (Lipinski definition) is 1. The Morgan fingerprint density at radius 3 is 2.62 bits per heavy atom. The highest BCUT2D eigenvalue weighted by Crippen LogP contribution is 2.22. The fourth-order valence-electron chi connectivity index (χ4n) is 0.819. The zero-order chi connectivity index (χ0) is 9.84. The Bertz CT molecular complexity index is 293. The lowest BCUT2D eigenvalue weighted by Gasteiger charge is -2.07. The van der Waals surface area contributed by atoms with Crippen LogP contribution in [0.1, 0.15) is 5.56 Å². The molecule has 1 rings (SSSR count). The molecule has 0 aliphatic heterocycles. The van der Waals surface area contributed by atoms with Crippen LogP contribution in [0.4, 0.5) is 4.39 Å². The molecule has 0 unspecified atom stereocenters. The highest BCUT2D eigenvalue weighted by molar-refractivity contribution is 9.08. The van der Waals surface area contributed by atoms with Gasteiger partial charge < -0.3 is 4.74 Å². The van der Waals surface area contributed by atoms with Gasteiger partial charge in [0.15, 0.2) is 11.6 Å². The maximum absolute atomic E-state index is 13.1. The van der Waals surface area contributed by atoms with Crippen molar-refractivity contribution in [3.63, 3.8) is 0 Å². The van der Waals surface area contributed by atoms with Gasteiger partial charge in [-0.1, -0.05) is 45.2 Å². The second-order valence-electron chi connectivity index (χ2n) is 2.28. The number of ether oxygens (including phenoxy) is 1. The molecule has 0 bridgehead atoms. The fraction of sp³-hybridized carbons (Fsp3) is 0.250. The zero-order valence-electron chi connectivity index (χ0n) is 6.44. The number of halogens is 4. The van der Waals surface area contributed by atoms with Gasteiger partial charge in [-0.05, 0) is 17.7 Å². The second kappa shape index (κ2) is 5.03. The molecule has 1 aromatic rings. The zero-order valence-corrected chi connectivity index (χ0v) is 9.53. The molecule has 0 heterocycles. The van der Waals surface area contributed by atoms with E-state index in [9.17, 15) is 4.39 Å². The maximum atomic E-state index is 13.1. The predicted octanol–water partition coefficient (Wildman–Crippen LogP) is 3.86. The van der Waals surface area contributed by atoms with Crippen molar-refractivity contribution in [1.82, 2.24) is 0 Å². The lowest BCUT2D eigenvalue weighted by Crippen LogP contribution is -2.01. The molecule has 13 heavy (non-hydrogen) atoms. The van der Waals surface area contributed by atoms with Crippen LogP contribution >= 0.6 is 39.1 Å². The maximum Gasteiger partial charge on any atom is 0.248 e. The van der Waals surface area contributed by atoms with E-state index in [2.05, 4.69) is 15.9 Å². The standard InChI is InChI=1S/C8H6BrCl2FO/c9-4-5-1-2-7(6(12)3-5)13-8(10)11/h1-3,8H,4H2. The van der Waals surface area contributed by atoms with Crippen LogP contribution in [0, 0.1) is 5.82 Å². The first-order valence-corrected chi connectivity index (χ1v) is 5.42. The van der Waals surface area contributed by atoms with Crippen molar-refractivity contribution in [2.75, 3.05) is 0 Å². The summed E-state index contributed by atoms with van der Waals surface area (Å²) >= 11 is 13.9. The van der Waals surface area contributed by atoms with Crippen LogP contribution in [0.15, 0.2) is 18.2 Å². The van der Waals surface area contributed by atoms with Gasteiger partial charge >= 0.3 is 0 Å². The van der Waals surface area contributed by atoms with Gasteiger partial charge in [0, 0.05) is 5.33 Å². The Morgan fingerprint density at radius 2 is 2.15 bits per heavy atom. The molecule has 5 heteroatoms. The molecule has 0 aliphatic carbocycles. The largest absolute Gasteiger partial charge is 0.458 e. The van der Waals surface area contributed by atoms with E-state index in [1.807, 2.05) is 0 Å². The summed E-state index contributed by atoms with van der Waals surface area (Å²) in [6.45, 7) is 0. The Balaban J connectivity index is 2.85. The molecule has 0 N–H and O–H groups in total. The molecular weight excluding hydrogens is 282 g/mol. The summed E-state index contributed by atoms with van der Waals surface area (Å²) in [4.78, 5) is 0. The summed E-state index contributed by atoms with van der Waals surface area (Å²) in [6, 6.07) is 4.58. The van der Waals surface area contributed by atoms with Gasteiger partial charge in [-0.3, -0.25) is 0 Å². The van der Waals surface area contributed by atoms with Gasteiger partial charge in [0.05, 0.1) is 0 Å². The molecule has 0 atom stereocenters. The van der Waals surface area contributed by atoms with E-state index in [0.717, 1.165) is 5.56 Å². The first-order valence-electron chi connectivity index (χ1n) is 3.42. The minimum absolute atomic E-state index is 0.0553. The van der Waals surface area contributed by atoms with Crippen molar-refractivity contribution in [1.29, 1.82) is 0 Å². The third-order valence-electron chi connectivity index (χ3n) is 1.37. The van der Waals surface area contributed by atoms with Crippen LogP contribution in [0.2, 0.25) is 0 Å². The van der Waals surface area contributed by atoms with Crippen LogP contribution < -0.4 is 4.74 Å². The van der Waals surface area contributed by atoms with Crippen LogP contribution in [0.3, 0.4) is 0 Å². The monoisotopic (exact) mass is 286 g/mol. The highest BCUT2D eigenvalue weighted by Gasteiger charge is 2.07. The third kappa shape index (κ3) is 3.33. The average molecular weight is 288 g/mol. The third-order valence-corrected chi connectivity index (χ3v) is 2.19. The number of benzene rings is 1.